The molecule has 0 heterocycles. The third kappa shape index (κ3) is 3.84. The molecular formula is C12H28NPS. The molecule has 0 aromatic rings. The second kappa shape index (κ2) is 4.13. The molecule has 0 atom stereocenters. The molecular weight excluding hydrogens is 221 g/mol. The summed E-state index contributed by atoms with van der Waals surface area (Å²) in [5, 5.41) is 4.06. The Hall–Kier alpha value is 0.610. The summed E-state index contributed by atoms with van der Waals surface area (Å²) in [7, 11) is 0. The predicted molar refractivity (Wildman–Crippen MR) is 76.7 cm³/mol. The highest BCUT2D eigenvalue weighted by Gasteiger charge is 2.43. The van der Waals surface area contributed by atoms with E-state index in [9.17, 15) is 0 Å². The topological polar surface area (TPSA) is 12.0 Å². The Kier molecular flexibility index (Phi) is 4.29. The first-order valence-electron chi connectivity index (χ1n) is 5.60. The minimum Gasteiger partial charge on any atom is -0.283 e. The Balaban J connectivity index is 5.37. The number of nitrogens with one attached hydrogen (secondary N) is 1. The molecule has 0 bridgehead atoms. The minimum absolute atomic E-state index is 0.0933. The molecule has 0 aromatic heterocycles. The molecule has 15 heavy (non-hydrogen) atoms. The summed E-state index contributed by atoms with van der Waals surface area (Å²) in [6, 6.07) is 0. The van der Waals surface area contributed by atoms with Gasteiger partial charge in [0.2, 0.25) is 0 Å². The number of rotatable bonds is 1. The van der Waals surface area contributed by atoms with Crippen LogP contribution in [0.4, 0.5) is 0 Å². The van der Waals surface area contributed by atoms with Crippen LogP contribution in [-0.4, -0.2) is 15.9 Å². The van der Waals surface area contributed by atoms with E-state index >= 15 is 0 Å². The first kappa shape index (κ1) is 15.6. The van der Waals surface area contributed by atoms with Crippen LogP contribution in [-0.2, 0) is 11.8 Å². The van der Waals surface area contributed by atoms with Crippen LogP contribution in [0.5, 0.6) is 0 Å². The van der Waals surface area contributed by atoms with Gasteiger partial charge in [-0.3, -0.25) is 5.09 Å². The third-order valence-electron chi connectivity index (χ3n) is 2.38. The Morgan fingerprint density at radius 2 is 1.00 bits per heavy atom. The fraction of sp³-hybridized carbons (Fsp3) is 1.00. The third-order valence-corrected chi connectivity index (χ3v) is 10.7. The lowest BCUT2D eigenvalue weighted by Crippen LogP contribution is -2.44. The van der Waals surface area contributed by atoms with Gasteiger partial charge in [0.25, 0.3) is 0 Å². The number of hydrogen-bond donors (Lipinski definition) is 1. The fourth-order valence-electron chi connectivity index (χ4n) is 1.81. The first-order chi connectivity index (χ1) is 6.21. The van der Waals surface area contributed by atoms with Gasteiger partial charge < -0.3 is 0 Å². The summed E-state index contributed by atoms with van der Waals surface area (Å²) >= 11 is 6.02. The zero-order valence-corrected chi connectivity index (χ0v) is 13.6. The number of hydrogen-bond acceptors (Lipinski definition) is 1. The van der Waals surface area contributed by atoms with Crippen molar-refractivity contribution in [1.29, 1.82) is 0 Å². The molecule has 0 fully saturated rings. The zero-order valence-electron chi connectivity index (χ0n) is 11.9. The van der Waals surface area contributed by atoms with E-state index in [4.69, 9.17) is 11.8 Å². The van der Waals surface area contributed by atoms with E-state index in [-0.39, 0.29) is 15.9 Å². The van der Waals surface area contributed by atoms with Crippen molar-refractivity contribution in [1.82, 2.24) is 5.09 Å². The van der Waals surface area contributed by atoms with Crippen LogP contribution in [0.3, 0.4) is 0 Å². The lowest BCUT2D eigenvalue weighted by atomic mass is 10.1. The van der Waals surface area contributed by atoms with Gasteiger partial charge >= 0.3 is 0 Å². The van der Waals surface area contributed by atoms with Gasteiger partial charge in [-0.25, -0.2) is 0 Å². The largest absolute Gasteiger partial charge is 0.283 e. The van der Waals surface area contributed by atoms with Crippen molar-refractivity contribution in [3.8, 4) is 0 Å². The second-order valence-electron chi connectivity index (χ2n) is 7.31. The summed E-state index contributed by atoms with van der Waals surface area (Å²) in [5.74, 6) is 0. The second-order valence-corrected chi connectivity index (χ2v) is 13.1. The first-order valence-corrected chi connectivity index (χ1v) is 8.41. The summed E-state index contributed by atoms with van der Waals surface area (Å²) < 4.78 is 0. The van der Waals surface area contributed by atoms with Crippen molar-refractivity contribution in [3.05, 3.63) is 0 Å². The van der Waals surface area contributed by atoms with Gasteiger partial charge in [0.15, 0.2) is 0 Å². The van der Waals surface area contributed by atoms with Crippen molar-refractivity contribution < 1.29 is 0 Å². The van der Waals surface area contributed by atoms with E-state index < -0.39 is 6.19 Å². The minimum atomic E-state index is -1.63. The molecule has 0 aliphatic carbocycles. The van der Waals surface area contributed by atoms with Crippen molar-refractivity contribution in [2.45, 2.75) is 78.2 Å². The summed E-state index contributed by atoms with van der Waals surface area (Å²) in [6.45, 7) is 20.2. The summed E-state index contributed by atoms with van der Waals surface area (Å²) in [6.07, 6.45) is -1.63. The van der Waals surface area contributed by atoms with E-state index in [1.807, 2.05) is 0 Å². The van der Waals surface area contributed by atoms with Crippen molar-refractivity contribution in [2.24, 2.45) is 0 Å². The van der Waals surface area contributed by atoms with Gasteiger partial charge in [-0.1, -0.05) is 53.3 Å². The summed E-state index contributed by atoms with van der Waals surface area (Å²) in [4.78, 5) is 0. The average Bonchev–Trinajstić information content (AvgIpc) is 1.77. The van der Waals surface area contributed by atoms with Gasteiger partial charge in [0.1, 0.15) is 0 Å². The Morgan fingerprint density at radius 1 is 0.733 bits per heavy atom. The van der Waals surface area contributed by atoms with Crippen LogP contribution in [0, 0.1) is 0 Å². The SMILES string of the molecule is CC(C)(C)NP(=S)(C(C)(C)C)C(C)(C)C. The highest BCUT2D eigenvalue weighted by molar-refractivity contribution is 8.15. The normalized spacial score (nSPS) is 15.5. The quantitative estimate of drug-likeness (QED) is 0.693. The monoisotopic (exact) mass is 249 g/mol. The molecule has 0 unspecified atom stereocenters. The van der Waals surface area contributed by atoms with Gasteiger partial charge in [-0.2, -0.15) is 0 Å². The molecule has 0 radical (unpaired) electrons. The van der Waals surface area contributed by atoms with E-state index in [1.165, 1.54) is 0 Å². The average molecular weight is 249 g/mol. The molecule has 1 nitrogen and oxygen atoms in total. The zero-order chi connectivity index (χ0) is 12.7. The van der Waals surface area contributed by atoms with Crippen LogP contribution < -0.4 is 5.09 Å². The highest BCUT2D eigenvalue weighted by Crippen LogP contribution is 2.64. The van der Waals surface area contributed by atoms with E-state index in [2.05, 4.69) is 67.4 Å². The van der Waals surface area contributed by atoms with Crippen LogP contribution in [0.1, 0.15) is 62.3 Å². The van der Waals surface area contributed by atoms with Crippen LogP contribution in [0.15, 0.2) is 0 Å². The molecule has 0 rings (SSSR count). The maximum Gasteiger partial charge on any atom is 0.0231 e. The Bertz CT molecular complexity index is 245. The van der Waals surface area contributed by atoms with Crippen LogP contribution >= 0.6 is 6.19 Å². The molecule has 92 valence electrons. The van der Waals surface area contributed by atoms with E-state index in [0.29, 0.717) is 0 Å². The van der Waals surface area contributed by atoms with Crippen molar-refractivity contribution in [3.63, 3.8) is 0 Å². The van der Waals surface area contributed by atoms with Crippen LogP contribution in [0.2, 0.25) is 0 Å². The fourth-order valence-corrected chi connectivity index (χ4v) is 6.26. The smallest absolute Gasteiger partial charge is 0.0231 e. The highest BCUT2D eigenvalue weighted by atomic mass is 32.4. The standard InChI is InChI=1S/C12H28NPS/c1-10(2,3)13-14(15,11(4,5)6)12(7,8)9/h1-9H3,(H,13,15). The van der Waals surface area contributed by atoms with Crippen molar-refractivity contribution in [2.75, 3.05) is 0 Å². The maximum absolute atomic E-state index is 6.02. The van der Waals surface area contributed by atoms with Gasteiger partial charge in [0, 0.05) is 22.0 Å². The van der Waals surface area contributed by atoms with Gasteiger partial charge in [0.05, 0.1) is 0 Å². The lowest BCUT2D eigenvalue weighted by molar-refractivity contribution is 0.508. The lowest BCUT2D eigenvalue weighted by Gasteiger charge is -2.48. The predicted octanol–water partition coefficient (Wildman–Crippen LogP) is 4.37. The molecule has 0 aliphatic heterocycles. The van der Waals surface area contributed by atoms with E-state index in [1.54, 1.807) is 0 Å². The molecule has 0 amide bonds. The van der Waals surface area contributed by atoms with Crippen molar-refractivity contribution >= 4 is 18.0 Å². The molecule has 1 N–H and O–H groups in total. The summed E-state index contributed by atoms with van der Waals surface area (Å²) in [5.41, 5.74) is 0.0933. The molecule has 3 heteroatoms. The van der Waals surface area contributed by atoms with Gasteiger partial charge in [-0.05, 0) is 20.8 Å². The van der Waals surface area contributed by atoms with Gasteiger partial charge in [-0.15, -0.1) is 0 Å². The molecule has 0 saturated carbocycles. The molecule has 0 aliphatic rings. The molecule has 0 spiro atoms. The molecule has 0 saturated heterocycles. The Morgan fingerprint density at radius 3 is 1.07 bits per heavy atom. The van der Waals surface area contributed by atoms with E-state index in [0.717, 1.165) is 0 Å². The molecule has 0 aromatic carbocycles. The Labute approximate surface area is 101 Å². The van der Waals surface area contributed by atoms with Crippen LogP contribution in [0.25, 0.3) is 0 Å². The maximum atomic E-state index is 6.02.